The second-order valence-electron chi connectivity index (χ2n) is 8.27. The van der Waals surface area contributed by atoms with Gasteiger partial charge in [0.05, 0.1) is 0 Å². The minimum absolute atomic E-state index is 0. The van der Waals surface area contributed by atoms with Crippen LogP contribution in [0.15, 0.2) is 24.3 Å². The van der Waals surface area contributed by atoms with E-state index >= 15 is 0 Å². The van der Waals surface area contributed by atoms with Gasteiger partial charge in [0.15, 0.2) is 0 Å². The fourth-order valence-electron chi connectivity index (χ4n) is 4.45. The molecule has 1 aromatic carbocycles. The van der Waals surface area contributed by atoms with E-state index in [1.807, 2.05) is 29.2 Å². The molecule has 1 saturated heterocycles. The molecule has 0 radical (unpaired) electrons. The van der Waals surface area contributed by atoms with E-state index in [9.17, 15) is 9.59 Å². The van der Waals surface area contributed by atoms with Crippen LogP contribution in [0.5, 0.6) is 0 Å². The number of nitrogens with one attached hydrogen (secondary N) is 1. The SMILES string of the molecule is Cl.NCC1(CC(=O)Nc2ccc(C(=O)N3CCCCCC3)cc2)CCCCC1. The van der Waals surface area contributed by atoms with Gasteiger partial charge in [0, 0.05) is 30.8 Å². The van der Waals surface area contributed by atoms with Crippen molar-refractivity contribution in [3.8, 4) is 0 Å². The molecule has 0 bridgehead atoms. The lowest BCUT2D eigenvalue weighted by Gasteiger charge is -2.35. The predicted octanol–water partition coefficient (Wildman–Crippen LogP) is 4.36. The molecule has 5 nitrogen and oxygen atoms in total. The molecule has 1 aliphatic carbocycles. The van der Waals surface area contributed by atoms with E-state index in [2.05, 4.69) is 5.32 Å². The highest BCUT2D eigenvalue weighted by Gasteiger charge is 2.33. The van der Waals surface area contributed by atoms with Gasteiger partial charge < -0.3 is 16.0 Å². The topological polar surface area (TPSA) is 75.4 Å². The monoisotopic (exact) mass is 407 g/mol. The lowest BCUT2D eigenvalue weighted by molar-refractivity contribution is -0.118. The summed E-state index contributed by atoms with van der Waals surface area (Å²) in [7, 11) is 0. The van der Waals surface area contributed by atoms with E-state index < -0.39 is 0 Å². The van der Waals surface area contributed by atoms with Gasteiger partial charge in [-0.05, 0) is 61.9 Å². The predicted molar refractivity (Wildman–Crippen MR) is 116 cm³/mol. The van der Waals surface area contributed by atoms with Crippen LogP contribution < -0.4 is 11.1 Å². The first-order chi connectivity index (χ1) is 13.1. The van der Waals surface area contributed by atoms with Gasteiger partial charge in [-0.25, -0.2) is 0 Å². The Morgan fingerprint density at radius 2 is 1.50 bits per heavy atom. The molecule has 0 atom stereocenters. The maximum atomic E-state index is 12.7. The van der Waals surface area contributed by atoms with E-state index in [1.165, 1.54) is 19.3 Å². The Labute approximate surface area is 174 Å². The maximum absolute atomic E-state index is 12.7. The average molecular weight is 408 g/mol. The molecular weight excluding hydrogens is 374 g/mol. The largest absolute Gasteiger partial charge is 0.339 e. The normalized spacial score (nSPS) is 19.2. The van der Waals surface area contributed by atoms with Crippen molar-refractivity contribution in [2.75, 3.05) is 25.0 Å². The number of benzene rings is 1. The number of amides is 2. The first kappa shape index (κ1) is 22.7. The van der Waals surface area contributed by atoms with Crippen LogP contribution in [-0.2, 0) is 4.79 Å². The number of likely N-dealkylation sites (tertiary alicyclic amines) is 1. The first-order valence-electron chi connectivity index (χ1n) is 10.5. The third kappa shape index (κ3) is 5.95. The fraction of sp³-hybridized carbons (Fsp3) is 0.636. The molecule has 3 rings (SSSR count). The van der Waals surface area contributed by atoms with Gasteiger partial charge >= 0.3 is 0 Å². The van der Waals surface area contributed by atoms with Gasteiger partial charge in [0.25, 0.3) is 5.91 Å². The minimum Gasteiger partial charge on any atom is -0.339 e. The minimum atomic E-state index is -0.0367. The fourth-order valence-corrected chi connectivity index (χ4v) is 4.45. The summed E-state index contributed by atoms with van der Waals surface area (Å²) in [4.78, 5) is 27.1. The zero-order valence-electron chi connectivity index (χ0n) is 16.8. The van der Waals surface area contributed by atoms with Crippen molar-refractivity contribution < 1.29 is 9.59 Å². The maximum Gasteiger partial charge on any atom is 0.253 e. The Morgan fingerprint density at radius 3 is 2.07 bits per heavy atom. The van der Waals surface area contributed by atoms with Crippen LogP contribution in [0.2, 0.25) is 0 Å². The van der Waals surface area contributed by atoms with Crippen LogP contribution in [0.25, 0.3) is 0 Å². The highest BCUT2D eigenvalue weighted by Crippen LogP contribution is 2.38. The summed E-state index contributed by atoms with van der Waals surface area (Å²) in [5.74, 6) is 0.119. The van der Waals surface area contributed by atoms with Gasteiger partial charge in [-0.3, -0.25) is 9.59 Å². The molecule has 6 heteroatoms. The average Bonchev–Trinajstić information content (AvgIpc) is 2.98. The van der Waals surface area contributed by atoms with E-state index in [-0.39, 0.29) is 29.6 Å². The number of nitrogens with two attached hydrogens (primary N) is 1. The highest BCUT2D eigenvalue weighted by molar-refractivity contribution is 5.96. The number of nitrogens with zero attached hydrogens (tertiary/aromatic N) is 1. The molecule has 1 aliphatic heterocycles. The van der Waals surface area contributed by atoms with Crippen molar-refractivity contribution in [2.45, 2.75) is 64.2 Å². The summed E-state index contributed by atoms with van der Waals surface area (Å²) in [6, 6.07) is 7.31. The van der Waals surface area contributed by atoms with Crippen LogP contribution in [0.1, 0.15) is 74.6 Å². The number of halogens is 1. The number of carbonyl (C=O) groups excluding carboxylic acids is 2. The van der Waals surface area contributed by atoms with Crippen LogP contribution in [-0.4, -0.2) is 36.3 Å². The smallest absolute Gasteiger partial charge is 0.253 e. The molecular formula is C22H34ClN3O2. The molecule has 0 aromatic heterocycles. The van der Waals surface area contributed by atoms with Crippen molar-refractivity contribution in [3.63, 3.8) is 0 Å². The molecule has 0 unspecified atom stereocenters. The van der Waals surface area contributed by atoms with Gasteiger partial charge in [-0.15, -0.1) is 12.4 Å². The Kier molecular flexibility index (Phi) is 8.77. The zero-order valence-corrected chi connectivity index (χ0v) is 17.6. The molecule has 28 heavy (non-hydrogen) atoms. The van der Waals surface area contributed by atoms with Crippen molar-refractivity contribution in [1.82, 2.24) is 4.90 Å². The summed E-state index contributed by atoms with van der Waals surface area (Å²) < 4.78 is 0. The molecule has 3 N–H and O–H groups in total. The summed E-state index contributed by atoms with van der Waals surface area (Å²) in [6.45, 7) is 2.26. The Morgan fingerprint density at radius 1 is 0.929 bits per heavy atom. The number of hydrogen-bond donors (Lipinski definition) is 2. The summed E-state index contributed by atoms with van der Waals surface area (Å²) in [6.07, 6.45) is 10.7. The van der Waals surface area contributed by atoms with Crippen LogP contribution >= 0.6 is 12.4 Å². The first-order valence-corrected chi connectivity index (χ1v) is 10.5. The molecule has 1 saturated carbocycles. The number of anilines is 1. The quantitative estimate of drug-likeness (QED) is 0.761. The molecule has 2 aliphatic rings. The van der Waals surface area contributed by atoms with E-state index in [4.69, 9.17) is 5.73 Å². The number of rotatable bonds is 5. The summed E-state index contributed by atoms with van der Waals surface area (Å²) >= 11 is 0. The van der Waals surface area contributed by atoms with Crippen LogP contribution in [0.4, 0.5) is 5.69 Å². The molecule has 2 amide bonds. The highest BCUT2D eigenvalue weighted by atomic mass is 35.5. The second kappa shape index (κ2) is 10.8. The number of hydrogen-bond acceptors (Lipinski definition) is 3. The van der Waals surface area contributed by atoms with Crippen LogP contribution in [0.3, 0.4) is 0 Å². The van der Waals surface area contributed by atoms with Crippen molar-refractivity contribution in [3.05, 3.63) is 29.8 Å². The van der Waals surface area contributed by atoms with Gasteiger partial charge in [-0.2, -0.15) is 0 Å². The van der Waals surface area contributed by atoms with E-state index in [0.29, 0.717) is 18.5 Å². The van der Waals surface area contributed by atoms with Gasteiger partial charge in [0.1, 0.15) is 0 Å². The Hall–Kier alpha value is -1.59. The zero-order chi connectivity index (χ0) is 19.1. The van der Waals surface area contributed by atoms with Crippen molar-refractivity contribution in [1.29, 1.82) is 0 Å². The standard InChI is InChI=1S/C22H33N3O2.ClH/c23-17-22(12-4-3-5-13-22)16-20(26)24-19-10-8-18(9-11-19)21(27)25-14-6-1-2-7-15-25;/h8-11H,1-7,12-17,23H2,(H,24,26);1H. The van der Waals surface area contributed by atoms with E-state index in [1.54, 1.807) is 0 Å². The third-order valence-corrected chi connectivity index (χ3v) is 6.19. The lowest BCUT2D eigenvalue weighted by atomic mass is 9.71. The summed E-state index contributed by atoms with van der Waals surface area (Å²) in [5, 5.41) is 2.98. The molecule has 1 aromatic rings. The van der Waals surface area contributed by atoms with Crippen molar-refractivity contribution in [2.24, 2.45) is 11.1 Å². The van der Waals surface area contributed by atoms with Gasteiger partial charge in [0.2, 0.25) is 5.91 Å². The van der Waals surface area contributed by atoms with E-state index in [0.717, 1.165) is 57.3 Å². The third-order valence-electron chi connectivity index (χ3n) is 6.19. The Balaban J connectivity index is 0.00000280. The van der Waals surface area contributed by atoms with Gasteiger partial charge in [-0.1, -0.05) is 32.1 Å². The molecule has 1 heterocycles. The number of carbonyl (C=O) groups is 2. The molecule has 2 fully saturated rings. The van der Waals surface area contributed by atoms with Crippen molar-refractivity contribution >= 4 is 29.9 Å². The second-order valence-corrected chi connectivity index (χ2v) is 8.27. The summed E-state index contributed by atoms with van der Waals surface area (Å²) in [5.41, 5.74) is 7.40. The molecule has 156 valence electrons. The Bertz CT molecular complexity index is 634. The lowest BCUT2D eigenvalue weighted by Crippen LogP contribution is -2.36. The molecule has 0 spiro atoms. The van der Waals surface area contributed by atoms with Crippen LogP contribution in [0, 0.1) is 5.41 Å².